The van der Waals surface area contributed by atoms with Crippen LogP contribution in [0, 0.1) is 20.8 Å². The van der Waals surface area contributed by atoms with Crippen LogP contribution in [0.2, 0.25) is 0 Å². The molecule has 1 amide bonds. The average Bonchev–Trinajstić information content (AvgIpc) is 3.34. The van der Waals surface area contributed by atoms with Gasteiger partial charge in [-0.15, -0.1) is 0 Å². The highest BCUT2D eigenvalue weighted by Crippen LogP contribution is 2.44. The van der Waals surface area contributed by atoms with Gasteiger partial charge < -0.3 is 4.90 Å². The van der Waals surface area contributed by atoms with Crippen LogP contribution in [0.5, 0.6) is 0 Å². The summed E-state index contributed by atoms with van der Waals surface area (Å²) >= 11 is 0. The number of aromatic nitrogens is 1. The molecule has 2 aromatic rings. The SMILES string of the molecule is Cc1cc(C(=O)N(C2CC2)C2CC(c3ccccc3C)C2)cc(C)n1. The van der Waals surface area contributed by atoms with E-state index in [1.165, 1.54) is 11.1 Å². The molecule has 0 spiro atoms. The molecule has 4 rings (SSSR count). The fourth-order valence-electron chi connectivity index (χ4n) is 4.20. The maximum atomic E-state index is 13.2. The van der Waals surface area contributed by atoms with Gasteiger partial charge in [-0.25, -0.2) is 0 Å². The van der Waals surface area contributed by atoms with Gasteiger partial charge in [0, 0.05) is 29.0 Å². The summed E-state index contributed by atoms with van der Waals surface area (Å²) < 4.78 is 0. The normalized spacial score (nSPS) is 22.4. The second-order valence-electron chi connectivity index (χ2n) is 7.76. The summed E-state index contributed by atoms with van der Waals surface area (Å²) in [4.78, 5) is 19.8. The van der Waals surface area contributed by atoms with Gasteiger partial charge >= 0.3 is 0 Å². The van der Waals surface area contributed by atoms with Crippen molar-refractivity contribution in [3.63, 3.8) is 0 Å². The zero-order chi connectivity index (χ0) is 17.6. The molecule has 1 heterocycles. The molecule has 25 heavy (non-hydrogen) atoms. The average molecular weight is 334 g/mol. The van der Waals surface area contributed by atoms with E-state index < -0.39 is 0 Å². The molecule has 1 aromatic heterocycles. The van der Waals surface area contributed by atoms with Crippen molar-refractivity contribution < 1.29 is 4.79 Å². The van der Waals surface area contributed by atoms with Gasteiger partial charge in [-0.1, -0.05) is 24.3 Å². The summed E-state index contributed by atoms with van der Waals surface area (Å²) in [5.74, 6) is 0.797. The standard InChI is InChI=1S/C22H26N2O/c1-14-6-4-5-7-21(14)17-12-20(13-17)24(19-8-9-19)22(25)18-10-15(2)23-16(3)11-18/h4-7,10-11,17,19-20H,8-9,12-13H2,1-3H3. The Balaban J connectivity index is 1.52. The molecule has 0 unspecified atom stereocenters. The Morgan fingerprint density at radius 2 is 1.64 bits per heavy atom. The first-order chi connectivity index (χ1) is 12.0. The molecule has 2 aliphatic carbocycles. The van der Waals surface area contributed by atoms with Crippen molar-refractivity contribution >= 4 is 5.91 Å². The van der Waals surface area contributed by atoms with Crippen LogP contribution in [0.4, 0.5) is 0 Å². The molecule has 0 aliphatic heterocycles. The second kappa shape index (κ2) is 6.29. The molecule has 0 bridgehead atoms. The Hall–Kier alpha value is -2.16. The molecule has 0 radical (unpaired) electrons. The van der Waals surface area contributed by atoms with Crippen molar-refractivity contribution in [1.82, 2.24) is 9.88 Å². The molecule has 0 atom stereocenters. The predicted molar refractivity (Wildman–Crippen MR) is 99.8 cm³/mol. The number of benzene rings is 1. The lowest BCUT2D eigenvalue weighted by Crippen LogP contribution is -2.48. The van der Waals surface area contributed by atoms with Crippen molar-refractivity contribution in [3.05, 3.63) is 64.5 Å². The highest BCUT2D eigenvalue weighted by molar-refractivity contribution is 5.95. The zero-order valence-corrected chi connectivity index (χ0v) is 15.3. The van der Waals surface area contributed by atoms with Crippen molar-refractivity contribution in [1.29, 1.82) is 0 Å². The first-order valence-corrected chi connectivity index (χ1v) is 9.36. The van der Waals surface area contributed by atoms with Crippen molar-refractivity contribution in [3.8, 4) is 0 Å². The van der Waals surface area contributed by atoms with Crippen LogP contribution in [-0.4, -0.2) is 27.9 Å². The molecule has 2 saturated carbocycles. The number of aryl methyl sites for hydroxylation is 3. The number of pyridine rings is 1. The molecule has 2 fully saturated rings. The third kappa shape index (κ3) is 3.20. The number of rotatable bonds is 4. The van der Waals surface area contributed by atoms with Gasteiger partial charge in [0.15, 0.2) is 0 Å². The van der Waals surface area contributed by atoms with E-state index in [0.29, 0.717) is 18.0 Å². The largest absolute Gasteiger partial charge is 0.333 e. The lowest BCUT2D eigenvalue weighted by atomic mass is 9.73. The molecular weight excluding hydrogens is 308 g/mol. The van der Waals surface area contributed by atoms with E-state index in [9.17, 15) is 4.79 Å². The van der Waals surface area contributed by atoms with Gasteiger partial charge in [-0.05, 0) is 75.6 Å². The third-order valence-electron chi connectivity index (χ3n) is 5.64. The Morgan fingerprint density at radius 1 is 1.00 bits per heavy atom. The summed E-state index contributed by atoms with van der Waals surface area (Å²) in [5, 5.41) is 0. The molecule has 3 nitrogen and oxygen atoms in total. The first-order valence-electron chi connectivity index (χ1n) is 9.36. The van der Waals surface area contributed by atoms with Crippen LogP contribution in [0.25, 0.3) is 0 Å². The van der Waals surface area contributed by atoms with Crippen molar-refractivity contribution in [2.24, 2.45) is 0 Å². The van der Waals surface area contributed by atoms with Gasteiger partial charge in [0.25, 0.3) is 5.91 Å². The van der Waals surface area contributed by atoms with E-state index in [4.69, 9.17) is 0 Å². The lowest BCUT2D eigenvalue weighted by molar-refractivity contribution is 0.0516. The maximum absolute atomic E-state index is 13.2. The van der Waals surface area contributed by atoms with E-state index in [1.807, 2.05) is 26.0 Å². The Bertz CT molecular complexity index is 783. The third-order valence-corrected chi connectivity index (χ3v) is 5.64. The number of amides is 1. The Labute approximate surface area is 150 Å². The highest BCUT2D eigenvalue weighted by atomic mass is 16.2. The van der Waals surface area contributed by atoms with Crippen LogP contribution in [0.3, 0.4) is 0 Å². The smallest absolute Gasteiger partial charge is 0.254 e. The fourth-order valence-corrected chi connectivity index (χ4v) is 4.20. The van der Waals surface area contributed by atoms with Crippen LogP contribution in [-0.2, 0) is 0 Å². The van der Waals surface area contributed by atoms with Crippen molar-refractivity contribution in [2.75, 3.05) is 0 Å². The molecule has 0 N–H and O–H groups in total. The lowest BCUT2D eigenvalue weighted by Gasteiger charge is -2.44. The number of carbonyl (C=O) groups is 1. The quantitative estimate of drug-likeness (QED) is 0.821. The van der Waals surface area contributed by atoms with Gasteiger partial charge in [-0.2, -0.15) is 0 Å². The van der Waals surface area contributed by atoms with E-state index >= 15 is 0 Å². The molecular formula is C22H26N2O. The maximum Gasteiger partial charge on any atom is 0.254 e. The fraction of sp³-hybridized carbons (Fsp3) is 0.455. The van der Waals surface area contributed by atoms with Gasteiger partial charge in [0.05, 0.1) is 0 Å². The summed E-state index contributed by atoms with van der Waals surface area (Å²) in [5.41, 5.74) is 5.47. The number of hydrogen-bond acceptors (Lipinski definition) is 2. The number of carbonyl (C=O) groups excluding carboxylic acids is 1. The van der Waals surface area contributed by atoms with E-state index in [1.54, 1.807) is 0 Å². The summed E-state index contributed by atoms with van der Waals surface area (Å²) in [6.07, 6.45) is 4.49. The zero-order valence-electron chi connectivity index (χ0n) is 15.3. The van der Waals surface area contributed by atoms with Gasteiger partial charge in [0.1, 0.15) is 0 Å². The number of hydrogen-bond donors (Lipinski definition) is 0. The van der Waals surface area contributed by atoms with Crippen LogP contribution >= 0.6 is 0 Å². The van der Waals surface area contributed by atoms with Crippen LogP contribution < -0.4 is 0 Å². The minimum Gasteiger partial charge on any atom is -0.333 e. The predicted octanol–water partition coefficient (Wildman–Crippen LogP) is 4.56. The molecule has 2 aliphatic rings. The van der Waals surface area contributed by atoms with Gasteiger partial charge in [-0.3, -0.25) is 9.78 Å². The summed E-state index contributed by atoms with van der Waals surface area (Å²) in [6.45, 7) is 6.11. The Morgan fingerprint density at radius 3 is 2.24 bits per heavy atom. The van der Waals surface area contributed by atoms with Gasteiger partial charge in [0.2, 0.25) is 0 Å². The summed E-state index contributed by atoms with van der Waals surface area (Å²) in [7, 11) is 0. The molecule has 1 aromatic carbocycles. The van der Waals surface area contributed by atoms with Crippen LogP contribution in [0.1, 0.15) is 64.5 Å². The molecule has 130 valence electrons. The van der Waals surface area contributed by atoms with Crippen LogP contribution in [0.15, 0.2) is 36.4 Å². The van der Waals surface area contributed by atoms with E-state index in [2.05, 4.69) is 41.1 Å². The van der Waals surface area contributed by atoms with E-state index in [-0.39, 0.29) is 5.91 Å². The highest BCUT2D eigenvalue weighted by Gasteiger charge is 2.44. The minimum atomic E-state index is 0.198. The van der Waals surface area contributed by atoms with Crippen molar-refractivity contribution in [2.45, 2.75) is 64.5 Å². The van der Waals surface area contributed by atoms with E-state index in [0.717, 1.165) is 42.6 Å². The minimum absolute atomic E-state index is 0.198. The second-order valence-corrected chi connectivity index (χ2v) is 7.76. The molecule has 3 heteroatoms. The number of nitrogens with zero attached hydrogens (tertiary/aromatic N) is 2. The first kappa shape index (κ1) is 16.3. The summed E-state index contributed by atoms with van der Waals surface area (Å²) in [6, 6.07) is 13.4. The molecule has 0 saturated heterocycles. The Kier molecular flexibility index (Phi) is 4.10. The monoisotopic (exact) mass is 334 g/mol. The topological polar surface area (TPSA) is 33.2 Å².